The van der Waals surface area contributed by atoms with Crippen molar-refractivity contribution in [3.8, 4) is 5.75 Å². The van der Waals surface area contributed by atoms with Crippen molar-refractivity contribution in [3.63, 3.8) is 0 Å². The SMILES string of the molecule is C=CC1CC(=O)N(c2ccc(F)cc2OC(F)F)C1. The zero-order chi connectivity index (χ0) is 14.0. The van der Waals surface area contributed by atoms with Crippen molar-refractivity contribution < 1.29 is 22.7 Å². The molecule has 1 saturated heterocycles. The van der Waals surface area contributed by atoms with Crippen LogP contribution in [0.2, 0.25) is 0 Å². The fourth-order valence-corrected chi connectivity index (χ4v) is 2.03. The van der Waals surface area contributed by atoms with Crippen LogP contribution >= 0.6 is 0 Å². The van der Waals surface area contributed by atoms with Gasteiger partial charge in [-0.05, 0) is 12.1 Å². The van der Waals surface area contributed by atoms with E-state index in [2.05, 4.69) is 11.3 Å². The molecule has 2 rings (SSSR count). The predicted octanol–water partition coefficient (Wildman–Crippen LogP) is 2.97. The summed E-state index contributed by atoms with van der Waals surface area (Å²) in [5, 5.41) is 0. The monoisotopic (exact) mass is 271 g/mol. The van der Waals surface area contributed by atoms with E-state index in [4.69, 9.17) is 0 Å². The highest BCUT2D eigenvalue weighted by atomic mass is 19.3. The number of carbonyl (C=O) groups is 1. The molecule has 1 atom stereocenters. The summed E-state index contributed by atoms with van der Waals surface area (Å²) in [4.78, 5) is 13.1. The van der Waals surface area contributed by atoms with Gasteiger partial charge >= 0.3 is 6.61 Å². The summed E-state index contributed by atoms with van der Waals surface area (Å²) in [6, 6.07) is 3.20. The summed E-state index contributed by atoms with van der Waals surface area (Å²) in [6.45, 7) is 0.851. The fourth-order valence-electron chi connectivity index (χ4n) is 2.03. The average molecular weight is 271 g/mol. The van der Waals surface area contributed by atoms with Crippen molar-refractivity contribution in [2.75, 3.05) is 11.4 Å². The first kappa shape index (κ1) is 13.5. The zero-order valence-corrected chi connectivity index (χ0v) is 9.98. The number of alkyl halides is 2. The quantitative estimate of drug-likeness (QED) is 0.788. The van der Waals surface area contributed by atoms with Crippen molar-refractivity contribution in [1.82, 2.24) is 0 Å². The molecule has 1 heterocycles. The van der Waals surface area contributed by atoms with E-state index in [-0.39, 0.29) is 29.7 Å². The lowest BCUT2D eigenvalue weighted by Crippen LogP contribution is -2.25. The molecule has 0 saturated carbocycles. The lowest BCUT2D eigenvalue weighted by Gasteiger charge is -2.20. The maximum atomic E-state index is 13.1. The Labute approximate surface area is 108 Å². The van der Waals surface area contributed by atoms with Crippen LogP contribution in [0.1, 0.15) is 6.42 Å². The average Bonchev–Trinajstić information content (AvgIpc) is 2.70. The molecule has 19 heavy (non-hydrogen) atoms. The highest BCUT2D eigenvalue weighted by Crippen LogP contribution is 2.34. The van der Waals surface area contributed by atoms with Gasteiger partial charge in [0.05, 0.1) is 5.69 Å². The third-order valence-electron chi connectivity index (χ3n) is 2.92. The van der Waals surface area contributed by atoms with Gasteiger partial charge in [0.15, 0.2) is 5.75 Å². The van der Waals surface area contributed by atoms with Gasteiger partial charge in [-0.25, -0.2) is 4.39 Å². The summed E-state index contributed by atoms with van der Waals surface area (Å²) in [5.74, 6) is -1.31. The maximum absolute atomic E-state index is 13.1. The summed E-state index contributed by atoms with van der Waals surface area (Å²) in [6.07, 6.45) is 1.89. The van der Waals surface area contributed by atoms with E-state index in [1.165, 1.54) is 11.0 Å². The van der Waals surface area contributed by atoms with Crippen molar-refractivity contribution >= 4 is 11.6 Å². The highest BCUT2D eigenvalue weighted by molar-refractivity contribution is 5.97. The van der Waals surface area contributed by atoms with Crippen LogP contribution in [0.25, 0.3) is 0 Å². The number of halogens is 3. The second kappa shape index (κ2) is 5.34. The Bertz CT molecular complexity index is 505. The smallest absolute Gasteiger partial charge is 0.387 e. The van der Waals surface area contributed by atoms with Crippen molar-refractivity contribution in [1.29, 1.82) is 0 Å². The summed E-state index contributed by atoms with van der Waals surface area (Å²) in [5.41, 5.74) is 0.149. The Morgan fingerprint density at radius 1 is 1.47 bits per heavy atom. The van der Waals surface area contributed by atoms with E-state index in [1.807, 2.05) is 0 Å². The van der Waals surface area contributed by atoms with Crippen LogP contribution < -0.4 is 9.64 Å². The van der Waals surface area contributed by atoms with Crippen LogP contribution in [0.15, 0.2) is 30.9 Å². The van der Waals surface area contributed by atoms with Crippen LogP contribution in [0.4, 0.5) is 18.9 Å². The molecule has 1 aromatic carbocycles. The van der Waals surface area contributed by atoms with Crippen LogP contribution in [0, 0.1) is 11.7 Å². The van der Waals surface area contributed by atoms with Gasteiger partial charge in [0.25, 0.3) is 0 Å². The van der Waals surface area contributed by atoms with Gasteiger partial charge in [0, 0.05) is 24.9 Å². The number of carbonyl (C=O) groups excluding carboxylic acids is 1. The lowest BCUT2D eigenvalue weighted by atomic mass is 10.1. The number of nitrogens with zero attached hydrogens (tertiary/aromatic N) is 1. The molecule has 0 aromatic heterocycles. The number of ether oxygens (including phenoxy) is 1. The first-order valence-electron chi connectivity index (χ1n) is 5.68. The van der Waals surface area contributed by atoms with Gasteiger partial charge in [0.1, 0.15) is 5.82 Å². The molecule has 0 aliphatic carbocycles. The van der Waals surface area contributed by atoms with Crippen LogP contribution in [0.3, 0.4) is 0 Å². The number of benzene rings is 1. The molecule has 0 bridgehead atoms. The van der Waals surface area contributed by atoms with E-state index < -0.39 is 12.4 Å². The molecule has 0 radical (unpaired) electrons. The minimum absolute atomic E-state index is 0.0445. The van der Waals surface area contributed by atoms with Crippen LogP contribution in [0.5, 0.6) is 5.75 Å². The van der Waals surface area contributed by atoms with Gasteiger partial charge in [-0.15, -0.1) is 6.58 Å². The number of rotatable bonds is 4. The van der Waals surface area contributed by atoms with Crippen LogP contribution in [-0.2, 0) is 4.79 Å². The number of hydrogen-bond acceptors (Lipinski definition) is 2. The molecule has 1 aliphatic rings. The molecule has 1 unspecified atom stereocenters. The highest BCUT2D eigenvalue weighted by Gasteiger charge is 2.31. The predicted molar refractivity (Wildman–Crippen MR) is 63.7 cm³/mol. The second-order valence-electron chi connectivity index (χ2n) is 4.19. The van der Waals surface area contributed by atoms with Crippen molar-refractivity contribution in [2.24, 2.45) is 5.92 Å². The molecule has 1 fully saturated rings. The Morgan fingerprint density at radius 2 is 2.21 bits per heavy atom. The topological polar surface area (TPSA) is 29.5 Å². The Hall–Kier alpha value is -1.98. The van der Waals surface area contributed by atoms with Gasteiger partial charge in [-0.3, -0.25) is 4.79 Å². The summed E-state index contributed by atoms with van der Waals surface area (Å²) in [7, 11) is 0. The molecular weight excluding hydrogens is 259 g/mol. The Morgan fingerprint density at radius 3 is 2.79 bits per heavy atom. The lowest BCUT2D eigenvalue weighted by molar-refractivity contribution is -0.117. The van der Waals surface area contributed by atoms with Crippen LogP contribution in [-0.4, -0.2) is 19.1 Å². The first-order chi connectivity index (χ1) is 9.01. The van der Waals surface area contributed by atoms with Gasteiger partial charge < -0.3 is 9.64 Å². The third kappa shape index (κ3) is 2.89. The number of anilines is 1. The Balaban J connectivity index is 2.33. The number of hydrogen-bond donors (Lipinski definition) is 0. The molecule has 1 amide bonds. The largest absolute Gasteiger partial charge is 0.432 e. The standard InChI is InChI=1S/C13H12F3NO2/c1-2-8-5-12(18)17(7-8)10-4-3-9(14)6-11(10)19-13(15)16/h2-4,6,8,13H,1,5,7H2. The van der Waals surface area contributed by atoms with Gasteiger partial charge in [0.2, 0.25) is 5.91 Å². The normalized spacial score (nSPS) is 19.1. The molecule has 1 aliphatic heterocycles. The van der Waals surface area contributed by atoms with Gasteiger partial charge in [-0.1, -0.05) is 6.08 Å². The number of amides is 1. The maximum Gasteiger partial charge on any atom is 0.387 e. The molecule has 3 nitrogen and oxygen atoms in total. The Kier molecular flexibility index (Phi) is 3.78. The molecular formula is C13H12F3NO2. The fraction of sp³-hybridized carbons (Fsp3) is 0.308. The molecule has 1 aromatic rings. The molecule has 0 N–H and O–H groups in total. The summed E-state index contributed by atoms with van der Waals surface area (Å²) >= 11 is 0. The third-order valence-corrected chi connectivity index (χ3v) is 2.92. The minimum atomic E-state index is -3.08. The van der Waals surface area contributed by atoms with E-state index in [0.717, 1.165) is 12.1 Å². The first-order valence-corrected chi connectivity index (χ1v) is 5.68. The molecule has 6 heteroatoms. The minimum Gasteiger partial charge on any atom is -0.432 e. The van der Waals surface area contributed by atoms with Crippen molar-refractivity contribution in [3.05, 3.63) is 36.7 Å². The van der Waals surface area contributed by atoms with E-state index in [0.29, 0.717) is 6.54 Å². The van der Waals surface area contributed by atoms with E-state index in [1.54, 1.807) is 6.08 Å². The van der Waals surface area contributed by atoms with Gasteiger partial charge in [-0.2, -0.15) is 8.78 Å². The van der Waals surface area contributed by atoms with E-state index >= 15 is 0 Å². The summed E-state index contributed by atoms with van der Waals surface area (Å²) < 4.78 is 41.9. The van der Waals surface area contributed by atoms with Crippen molar-refractivity contribution in [2.45, 2.75) is 13.0 Å². The zero-order valence-electron chi connectivity index (χ0n) is 9.98. The second-order valence-corrected chi connectivity index (χ2v) is 4.19. The molecule has 0 spiro atoms. The molecule has 102 valence electrons. The van der Waals surface area contributed by atoms with E-state index in [9.17, 15) is 18.0 Å².